The third kappa shape index (κ3) is 4.51. The molecule has 0 amide bonds. The maximum atomic E-state index is 11.9. The summed E-state index contributed by atoms with van der Waals surface area (Å²) in [4.78, 5) is 10.6. The van der Waals surface area contributed by atoms with Gasteiger partial charge in [-0.3, -0.25) is 4.39 Å². The van der Waals surface area contributed by atoms with Crippen LogP contribution in [0.15, 0.2) is 16.6 Å². The molecule has 3 N–H and O–H groups in total. The number of benzene rings is 1. The van der Waals surface area contributed by atoms with E-state index in [0.717, 1.165) is 6.07 Å². The number of alkyl halides is 3. The highest BCUT2D eigenvalue weighted by Crippen LogP contribution is 2.32. The Labute approximate surface area is 103 Å². The second-order valence-electron chi connectivity index (χ2n) is 2.55. The van der Waals surface area contributed by atoms with Crippen LogP contribution >= 0.6 is 15.9 Å². The Morgan fingerprint density at radius 2 is 2.00 bits per heavy atom. The van der Waals surface area contributed by atoms with Crippen LogP contribution < -0.4 is 10.5 Å². The molecule has 0 heterocycles. The first-order valence-corrected chi connectivity index (χ1v) is 4.86. The number of halogens is 4. The maximum absolute atomic E-state index is 11.9. The molecule has 0 saturated carbocycles. The Bertz CT molecular complexity index is 401. The highest BCUT2D eigenvalue weighted by Gasteiger charge is 2.14. The summed E-state index contributed by atoms with van der Waals surface area (Å²) in [6.07, 6.45) is 0. The van der Waals surface area contributed by atoms with Crippen LogP contribution in [-0.4, -0.2) is 24.9 Å². The SMILES string of the molecule is CF.Nc1c(Br)cc(C(=O)O)cc1OC(F)F. The highest BCUT2D eigenvalue weighted by atomic mass is 79.9. The Hall–Kier alpha value is -1.44. The zero-order valence-corrected chi connectivity index (χ0v) is 10.2. The van der Waals surface area contributed by atoms with E-state index in [-0.39, 0.29) is 21.5 Å². The van der Waals surface area contributed by atoms with Gasteiger partial charge in [0.05, 0.1) is 18.4 Å². The molecule has 1 aromatic carbocycles. The van der Waals surface area contributed by atoms with Crippen LogP contribution in [0.2, 0.25) is 0 Å². The topological polar surface area (TPSA) is 72.6 Å². The van der Waals surface area contributed by atoms with Crippen LogP contribution in [0.4, 0.5) is 18.9 Å². The molecule has 96 valence electrons. The zero-order valence-electron chi connectivity index (χ0n) is 8.58. The van der Waals surface area contributed by atoms with Gasteiger partial charge >= 0.3 is 12.6 Å². The van der Waals surface area contributed by atoms with Crippen molar-refractivity contribution in [3.05, 3.63) is 22.2 Å². The van der Waals surface area contributed by atoms with Crippen LogP contribution in [0.1, 0.15) is 10.4 Å². The highest BCUT2D eigenvalue weighted by molar-refractivity contribution is 9.10. The Morgan fingerprint density at radius 3 is 2.41 bits per heavy atom. The molecule has 0 atom stereocenters. The average molecular weight is 316 g/mol. The van der Waals surface area contributed by atoms with E-state index in [4.69, 9.17) is 10.8 Å². The number of carboxylic acids is 1. The van der Waals surface area contributed by atoms with E-state index in [0.29, 0.717) is 7.18 Å². The van der Waals surface area contributed by atoms with Crippen molar-refractivity contribution in [1.29, 1.82) is 0 Å². The van der Waals surface area contributed by atoms with Crippen molar-refractivity contribution >= 4 is 27.6 Å². The van der Waals surface area contributed by atoms with Gasteiger partial charge < -0.3 is 15.6 Å². The first kappa shape index (κ1) is 15.6. The quantitative estimate of drug-likeness (QED) is 0.841. The monoisotopic (exact) mass is 315 g/mol. The largest absolute Gasteiger partial charge is 0.478 e. The van der Waals surface area contributed by atoms with E-state index in [9.17, 15) is 18.0 Å². The van der Waals surface area contributed by atoms with E-state index in [1.54, 1.807) is 0 Å². The van der Waals surface area contributed by atoms with Crippen molar-refractivity contribution in [2.24, 2.45) is 0 Å². The zero-order chi connectivity index (χ0) is 13.6. The molecular weight excluding hydrogens is 307 g/mol. The molecular formula is C9H9BrF3NO3. The van der Waals surface area contributed by atoms with Crippen molar-refractivity contribution in [3.63, 3.8) is 0 Å². The minimum Gasteiger partial charge on any atom is -0.478 e. The van der Waals surface area contributed by atoms with Gasteiger partial charge in [-0.05, 0) is 28.1 Å². The average Bonchev–Trinajstić information content (AvgIpc) is 2.26. The smallest absolute Gasteiger partial charge is 0.387 e. The summed E-state index contributed by atoms with van der Waals surface area (Å²) in [5.74, 6) is -1.62. The number of hydrogen-bond acceptors (Lipinski definition) is 3. The fourth-order valence-electron chi connectivity index (χ4n) is 0.910. The molecule has 0 aromatic heterocycles. The van der Waals surface area contributed by atoms with Crippen molar-refractivity contribution in [3.8, 4) is 5.75 Å². The third-order valence-corrected chi connectivity index (χ3v) is 2.21. The summed E-state index contributed by atoms with van der Waals surface area (Å²) >= 11 is 2.94. The van der Waals surface area contributed by atoms with Crippen molar-refractivity contribution in [1.82, 2.24) is 0 Å². The van der Waals surface area contributed by atoms with Gasteiger partial charge in [-0.2, -0.15) is 8.78 Å². The molecule has 4 nitrogen and oxygen atoms in total. The second kappa shape index (κ2) is 7.00. The number of carboxylic acid groups (broad SMARTS) is 1. The fraction of sp³-hybridized carbons (Fsp3) is 0.222. The first-order chi connectivity index (χ1) is 7.91. The normalized spacial score (nSPS) is 9.53. The third-order valence-electron chi connectivity index (χ3n) is 1.55. The van der Waals surface area contributed by atoms with Crippen LogP contribution in [0.3, 0.4) is 0 Å². The van der Waals surface area contributed by atoms with Gasteiger partial charge in [-0.15, -0.1) is 0 Å². The van der Waals surface area contributed by atoms with Crippen LogP contribution in [0, 0.1) is 0 Å². The minimum absolute atomic E-state index is 0.0692. The van der Waals surface area contributed by atoms with Gasteiger partial charge in [-0.1, -0.05) is 0 Å². The molecule has 1 rings (SSSR count). The Morgan fingerprint density at radius 1 is 1.47 bits per heavy atom. The number of rotatable bonds is 3. The van der Waals surface area contributed by atoms with E-state index >= 15 is 0 Å². The number of hydrogen-bond donors (Lipinski definition) is 2. The molecule has 17 heavy (non-hydrogen) atoms. The van der Waals surface area contributed by atoms with Gasteiger partial charge in [0.25, 0.3) is 0 Å². The van der Waals surface area contributed by atoms with Crippen molar-refractivity contribution in [2.75, 3.05) is 12.9 Å². The number of nitrogen functional groups attached to an aromatic ring is 1. The summed E-state index contributed by atoms with van der Waals surface area (Å²) in [6, 6.07) is 2.14. The first-order valence-electron chi connectivity index (χ1n) is 4.06. The summed E-state index contributed by atoms with van der Waals surface area (Å²) in [7, 11) is 0.500. The lowest BCUT2D eigenvalue weighted by molar-refractivity contribution is -0.0494. The standard InChI is InChI=1S/C8H6BrF2NO3.CH3F/c9-4-1-3(7(13)14)2-5(6(4)12)15-8(10)11;1-2/h1-2,8H,12H2,(H,13,14);1H3. The lowest BCUT2D eigenvalue weighted by Crippen LogP contribution is -2.07. The summed E-state index contributed by atoms with van der Waals surface area (Å²) in [5, 5.41) is 8.65. The van der Waals surface area contributed by atoms with Crippen LogP contribution in [0.25, 0.3) is 0 Å². The van der Waals surface area contributed by atoms with Gasteiger partial charge in [-0.25, -0.2) is 4.79 Å². The molecule has 0 aliphatic heterocycles. The van der Waals surface area contributed by atoms with Gasteiger partial charge in [0, 0.05) is 4.47 Å². The van der Waals surface area contributed by atoms with Crippen LogP contribution in [0.5, 0.6) is 5.75 Å². The number of anilines is 1. The number of ether oxygens (including phenoxy) is 1. The summed E-state index contributed by atoms with van der Waals surface area (Å²) in [5.41, 5.74) is 5.14. The number of aromatic carboxylic acids is 1. The summed E-state index contributed by atoms with van der Waals surface area (Å²) < 4.78 is 37.6. The predicted octanol–water partition coefficient (Wildman–Crippen LogP) is 2.92. The lowest BCUT2D eigenvalue weighted by atomic mass is 10.2. The molecule has 0 radical (unpaired) electrons. The maximum Gasteiger partial charge on any atom is 0.387 e. The minimum atomic E-state index is -3.05. The fourth-order valence-corrected chi connectivity index (χ4v) is 1.35. The second-order valence-corrected chi connectivity index (χ2v) is 3.41. The molecule has 0 bridgehead atoms. The Kier molecular flexibility index (Phi) is 6.40. The lowest BCUT2D eigenvalue weighted by Gasteiger charge is -2.09. The van der Waals surface area contributed by atoms with Gasteiger partial charge in [0.15, 0.2) is 5.75 Å². The van der Waals surface area contributed by atoms with E-state index < -0.39 is 12.6 Å². The molecule has 0 spiro atoms. The molecule has 0 aliphatic carbocycles. The molecule has 8 heteroatoms. The van der Waals surface area contributed by atoms with Gasteiger partial charge in [0.1, 0.15) is 0 Å². The van der Waals surface area contributed by atoms with Crippen molar-refractivity contribution in [2.45, 2.75) is 6.61 Å². The number of carbonyl (C=O) groups is 1. The Balaban J connectivity index is 0.00000121. The molecule has 0 aliphatic rings. The predicted molar refractivity (Wildman–Crippen MR) is 59.2 cm³/mol. The van der Waals surface area contributed by atoms with E-state index in [1.165, 1.54) is 6.07 Å². The van der Waals surface area contributed by atoms with E-state index in [2.05, 4.69) is 20.7 Å². The summed E-state index contributed by atoms with van der Waals surface area (Å²) in [6.45, 7) is -3.05. The van der Waals surface area contributed by atoms with Crippen LogP contribution in [-0.2, 0) is 0 Å². The molecule has 0 saturated heterocycles. The molecule has 1 aromatic rings. The van der Waals surface area contributed by atoms with Crippen molar-refractivity contribution < 1.29 is 27.8 Å². The van der Waals surface area contributed by atoms with E-state index in [1.807, 2.05) is 0 Å². The van der Waals surface area contributed by atoms with Gasteiger partial charge in [0.2, 0.25) is 0 Å². The molecule has 0 unspecified atom stereocenters. The number of nitrogens with two attached hydrogens (primary N) is 1. The molecule has 0 fully saturated rings.